The minimum Gasteiger partial charge on any atom is -0.367 e. The van der Waals surface area contributed by atoms with Gasteiger partial charge in [-0.25, -0.2) is 0 Å². The van der Waals surface area contributed by atoms with Crippen molar-refractivity contribution in [3.8, 4) is 11.1 Å². The molecule has 1 atom stereocenters. The molecule has 0 radical (unpaired) electrons. The van der Waals surface area contributed by atoms with Crippen LogP contribution >= 0.6 is 11.8 Å². The molecule has 2 aliphatic heterocycles. The SMILES string of the molecule is CSc1ccccc1-c1ccc2c(c1)N1CCNCCC1C2. The molecule has 2 aromatic rings. The number of thioether (sulfide) groups is 1. The Kier molecular flexibility index (Phi) is 3.85. The minimum atomic E-state index is 0.691. The highest BCUT2D eigenvalue weighted by molar-refractivity contribution is 7.98. The van der Waals surface area contributed by atoms with Gasteiger partial charge in [0.05, 0.1) is 0 Å². The zero-order chi connectivity index (χ0) is 14.9. The quantitative estimate of drug-likeness (QED) is 0.849. The van der Waals surface area contributed by atoms with Crippen molar-refractivity contribution >= 4 is 17.4 Å². The summed E-state index contributed by atoms with van der Waals surface area (Å²) in [6.45, 7) is 3.38. The lowest BCUT2D eigenvalue weighted by Crippen LogP contribution is -2.32. The average molecular weight is 310 g/mol. The van der Waals surface area contributed by atoms with Crippen molar-refractivity contribution in [3.05, 3.63) is 48.0 Å². The molecule has 3 heteroatoms. The highest BCUT2D eigenvalue weighted by Crippen LogP contribution is 2.38. The van der Waals surface area contributed by atoms with Crippen molar-refractivity contribution in [2.45, 2.75) is 23.8 Å². The van der Waals surface area contributed by atoms with E-state index in [-0.39, 0.29) is 0 Å². The van der Waals surface area contributed by atoms with Gasteiger partial charge in [0.1, 0.15) is 0 Å². The lowest BCUT2D eigenvalue weighted by molar-refractivity contribution is 0.612. The van der Waals surface area contributed by atoms with Gasteiger partial charge in [0.15, 0.2) is 0 Å². The second-order valence-electron chi connectivity index (χ2n) is 6.13. The van der Waals surface area contributed by atoms with Gasteiger partial charge in [0.2, 0.25) is 0 Å². The molecule has 0 bridgehead atoms. The maximum absolute atomic E-state index is 3.53. The maximum atomic E-state index is 3.53. The van der Waals surface area contributed by atoms with E-state index in [0.29, 0.717) is 6.04 Å². The first kappa shape index (κ1) is 14.2. The van der Waals surface area contributed by atoms with E-state index in [4.69, 9.17) is 0 Å². The van der Waals surface area contributed by atoms with Crippen molar-refractivity contribution in [2.75, 3.05) is 30.8 Å². The Morgan fingerprint density at radius 1 is 1.14 bits per heavy atom. The van der Waals surface area contributed by atoms with Crippen LogP contribution in [0.2, 0.25) is 0 Å². The molecule has 22 heavy (non-hydrogen) atoms. The van der Waals surface area contributed by atoms with Crippen LogP contribution in [0, 0.1) is 0 Å². The summed E-state index contributed by atoms with van der Waals surface area (Å²) in [6, 6.07) is 16.5. The summed E-state index contributed by atoms with van der Waals surface area (Å²) in [5.74, 6) is 0. The normalized spacial score (nSPS) is 20.4. The summed E-state index contributed by atoms with van der Waals surface area (Å²) < 4.78 is 0. The highest BCUT2D eigenvalue weighted by atomic mass is 32.2. The Balaban J connectivity index is 1.75. The van der Waals surface area contributed by atoms with Crippen molar-refractivity contribution in [3.63, 3.8) is 0 Å². The van der Waals surface area contributed by atoms with E-state index in [2.05, 4.69) is 58.9 Å². The lowest BCUT2D eigenvalue weighted by atomic mass is 10.0. The molecule has 2 nitrogen and oxygen atoms in total. The van der Waals surface area contributed by atoms with Crippen molar-refractivity contribution in [1.29, 1.82) is 0 Å². The molecule has 0 aromatic heterocycles. The fraction of sp³-hybridized carbons (Fsp3) is 0.368. The van der Waals surface area contributed by atoms with E-state index in [1.807, 2.05) is 11.8 Å². The Labute approximate surface area is 136 Å². The maximum Gasteiger partial charge on any atom is 0.0408 e. The largest absolute Gasteiger partial charge is 0.367 e. The van der Waals surface area contributed by atoms with E-state index in [0.717, 1.165) is 19.6 Å². The van der Waals surface area contributed by atoms with Gasteiger partial charge in [-0.2, -0.15) is 0 Å². The fourth-order valence-corrected chi connectivity index (χ4v) is 4.39. The summed E-state index contributed by atoms with van der Waals surface area (Å²) in [6.07, 6.45) is 4.62. The molecule has 1 fully saturated rings. The van der Waals surface area contributed by atoms with Gasteiger partial charge >= 0.3 is 0 Å². The van der Waals surface area contributed by atoms with Crippen LogP contribution < -0.4 is 10.2 Å². The Hall–Kier alpha value is -1.45. The van der Waals surface area contributed by atoms with E-state index < -0.39 is 0 Å². The third-order valence-electron chi connectivity index (χ3n) is 4.89. The van der Waals surface area contributed by atoms with Gasteiger partial charge < -0.3 is 10.2 Å². The summed E-state index contributed by atoms with van der Waals surface area (Å²) in [5.41, 5.74) is 5.69. The van der Waals surface area contributed by atoms with Gasteiger partial charge in [-0.3, -0.25) is 0 Å². The molecule has 1 saturated heterocycles. The van der Waals surface area contributed by atoms with Crippen LogP contribution in [0.5, 0.6) is 0 Å². The number of rotatable bonds is 2. The number of nitrogens with one attached hydrogen (secondary N) is 1. The summed E-state index contributed by atoms with van der Waals surface area (Å²) >= 11 is 1.83. The second-order valence-corrected chi connectivity index (χ2v) is 6.98. The fourth-order valence-electron chi connectivity index (χ4n) is 3.77. The van der Waals surface area contributed by atoms with E-state index in [1.54, 1.807) is 0 Å². The molecule has 1 unspecified atom stereocenters. The molecule has 2 heterocycles. The van der Waals surface area contributed by atoms with Crippen molar-refractivity contribution in [2.24, 2.45) is 0 Å². The highest BCUT2D eigenvalue weighted by Gasteiger charge is 2.30. The van der Waals surface area contributed by atoms with Crippen LogP contribution in [0.25, 0.3) is 11.1 Å². The molecular formula is C19H22N2S. The van der Waals surface area contributed by atoms with Crippen LogP contribution in [0.15, 0.2) is 47.4 Å². The topological polar surface area (TPSA) is 15.3 Å². The molecule has 1 N–H and O–H groups in total. The number of benzene rings is 2. The van der Waals surface area contributed by atoms with E-state index in [9.17, 15) is 0 Å². The lowest BCUT2D eigenvalue weighted by Gasteiger charge is -2.25. The molecule has 0 saturated carbocycles. The van der Waals surface area contributed by atoms with Crippen LogP contribution in [0.3, 0.4) is 0 Å². The molecule has 0 spiro atoms. The Bertz CT molecular complexity index is 683. The molecular weight excluding hydrogens is 288 g/mol. The third kappa shape index (κ3) is 2.42. The summed E-state index contributed by atoms with van der Waals surface area (Å²) in [7, 11) is 0. The van der Waals surface area contributed by atoms with Gasteiger partial charge in [-0.15, -0.1) is 11.8 Å². The van der Waals surface area contributed by atoms with Crippen molar-refractivity contribution in [1.82, 2.24) is 5.32 Å². The number of hydrogen-bond donors (Lipinski definition) is 1. The number of nitrogens with zero attached hydrogens (tertiary/aromatic N) is 1. The molecule has 0 aliphatic carbocycles. The van der Waals surface area contributed by atoms with Gasteiger partial charge in [0.25, 0.3) is 0 Å². The molecule has 0 amide bonds. The van der Waals surface area contributed by atoms with Crippen LogP contribution in [0.1, 0.15) is 12.0 Å². The van der Waals surface area contributed by atoms with Gasteiger partial charge in [0, 0.05) is 29.7 Å². The Morgan fingerprint density at radius 2 is 2.05 bits per heavy atom. The predicted molar refractivity (Wildman–Crippen MR) is 96.0 cm³/mol. The Morgan fingerprint density at radius 3 is 2.95 bits per heavy atom. The zero-order valence-corrected chi connectivity index (χ0v) is 13.8. The number of hydrogen-bond acceptors (Lipinski definition) is 3. The third-order valence-corrected chi connectivity index (χ3v) is 5.69. The molecule has 2 aromatic carbocycles. The summed E-state index contributed by atoms with van der Waals surface area (Å²) in [4.78, 5) is 3.98. The van der Waals surface area contributed by atoms with Crippen LogP contribution in [-0.2, 0) is 6.42 Å². The molecule has 114 valence electrons. The van der Waals surface area contributed by atoms with Crippen LogP contribution in [0.4, 0.5) is 5.69 Å². The smallest absolute Gasteiger partial charge is 0.0408 e. The molecule has 2 aliphatic rings. The van der Waals surface area contributed by atoms with Crippen molar-refractivity contribution < 1.29 is 0 Å². The van der Waals surface area contributed by atoms with E-state index >= 15 is 0 Å². The molecule has 4 rings (SSSR count). The van der Waals surface area contributed by atoms with E-state index in [1.165, 1.54) is 40.1 Å². The first-order valence-corrected chi connectivity index (χ1v) is 9.33. The number of fused-ring (bicyclic) bond motifs is 3. The minimum absolute atomic E-state index is 0.691. The zero-order valence-electron chi connectivity index (χ0n) is 13.0. The first-order chi connectivity index (χ1) is 10.9. The van der Waals surface area contributed by atoms with Gasteiger partial charge in [-0.05, 0) is 54.5 Å². The first-order valence-electron chi connectivity index (χ1n) is 8.10. The monoisotopic (exact) mass is 310 g/mol. The van der Waals surface area contributed by atoms with Crippen LogP contribution in [-0.4, -0.2) is 31.9 Å². The standard InChI is InChI=1S/C19H22N2S/c1-22-19-5-3-2-4-17(19)14-6-7-15-12-16-8-9-20-10-11-21(16)18(15)13-14/h2-7,13,16,20H,8-12H2,1H3. The summed E-state index contributed by atoms with van der Waals surface area (Å²) in [5, 5.41) is 3.53. The average Bonchev–Trinajstić information content (AvgIpc) is 2.75. The second kappa shape index (κ2) is 5.98. The van der Waals surface area contributed by atoms with Gasteiger partial charge in [-0.1, -0.05) is 30.3 Å². The number of anilines is 1. The predicted octanol–water partition coefficient (Wildman–Crippen LogP) is 3.80.